The van der Waals surface area contributed by atoms with E-state index in [2.05, 4.69) is 10.1 Å². The van der Waals surface area contributed by atoms with Crippen LogP contribution in [0.1, 0.15) is 5.76 Å². The van der Waals surface area contributed by atoms with Gasteiger partial charge in [-0.05, 0) is 13.0 Å². The zero-order valence-corrected chi connectivity index (χ0v) is 10.2. The lowest BCUT2D eigenvalue weighted by Gasteiger charge is -1.94. The number of carboxylic acid groups (broad SMARTS) is 1. The fraction of sp³-hybridized carbons (Fsp3) is 0.300. The molecule has 90 valence electrons. The van der Waals surface area contributed by atoms with E-state index in [0.717, 1.165) is 23.1 Å². The molecule has 0 spiro atoms. The molecule has 2 heterocycles. The van der Waals surface area contributed by atoms with Crippen LogP contribution in [0, 0.1) is 6.92 Å². The summed E-state index contributed by atoms with van der Waals surface area (Å²) in [5.74, 6) is 0.382. The highest BCUT2D eigenvalue weighted by Crippen LogP contribution is 2.24. The van der Waals surface area contributed by atoms with Crippen molar-refractivity contribution < 1.29 is 14.3 Å². The van der Waals surface area contributed by atoms with Crippen molar-refractivity contribution in [1.29, 1.82) is 0 Å². The van der Waals surface area contributed by atoms with Crippen LogP contribution in [-0.2, 0) is 11.8 Å². The van der Waals surface area contributed by atoms with Crippen LogP contribution in [0.3, 0.4) is 0 Å². The van der Waals surface area contributed by atoms with E-state index in [1.165, 1.54) is 0 Å². The number of furan rings is 1. The highest BCUT2D eigenvalue weighted by molar-refractivity contribution is 7.99. The fourth-order valence-corrected chi connectivity index (χ4v) is 1.98. The molecule has 0 saturated carbocycles. The monoisotopic (exact) mass is 253 g/mol. The highest BCUT2D eigenvalue weighted by Gasteiger charge is 2.14. The van der Waals surface area contributed by atoms with E-state index in [1.807, 2.05) is 6.92 Å². The van der Waals surface area contributed by atoms with Crippen LogP contribution in [-0.4, -0.2) is 31.6 Å². The summed E-state index contributed by atoms with van der Waals surface area (Å²) in [5, 5.41) is 13.4. The summed E-state index contributed by atoms with van der Waals surface area (Å²) in [6.07, 6.45) is 1.57. The minimum absolute atomic E-state index is 0.0314. The Morgan fingerprint density at radius 2 is 2.41 bits per heavy atom. The Labute approximate surface area is 102 Å². The number of rotatable bonds is 4. The maximum Gasteiger partial charge on any atom is 0.313 e. The van der Waals surface area contributed by atoms with Gasteiger partial charge in [-0.2, -0.15) is 5.10 Å². The Bertz CT molecular complexity index is 547. The number of aromatic nitrogens is 3. The molecule has 2 aromatic heterocycles. The first kappa shape index (κ1) is 11.7. The van der Waals surface area contributed by atoms with Gasteiger partial charge in [-0.15, -0.1) is 0 Å². The van der Waals surface area contributed by atoms with Gasteiger partial charge >= 0.3 is 5.97 Å². The fourth-order valence-electron chi connectivity index (χ4n) is 1.35. The van der Waals surface area contributed by atoms with Gasteiger partial charge < -0.3 is 9.52 Å². The van der Waals surface area contributed by atoms with Crippen molar-refractivity contribution in [2.24, 2.45) is 7.05 Å². The molecule has 0 aliphatic heterocycles. The van der Waals surface area contributed by atoms with Gasteiger partial charge in [-0.3, -0.25) is 4.79 Å². The summed E-state index contributed by atoms with van der Waals surface area (Å²) in [7, 11) is 1.73. The SMILES string of the molecule is Cc1occc1-c1nc(SCC(=O)O)n(C)n1. The molecule has 0 radical (unpaired) electrons. The molecule has 0 aliphatic carbocycles. The van der Waals surface area contributed by atoms with Crippen LogP contribution in [0.4, 0.5) is 0 Å². The van der Waals surface area contributed by atoms with E-state index >= 15 is 0 Å². The van der Waals surface area contributed by atoms with Crippen LogP contribution in [0.2, 0.25) is 0 Å². The predicted molar refractivity (Wildman–Crippen MR) is 61.8 cm³/mol. The molecule has 0 unspecified atom stereocenters. The maximum absolute atomic E-state index is 10.5. The van der Waals surface area contributed by atoms with Crippen LogP contribution >= 0.6 is 11.8 Å². The first-order valence-corrected chi connectivity index (χ1v) is 5.86. The summed E-state index contributed by atoms with van der Waals surface area (Å²) < 4.78 is 6.74. The van der Waals surface area contributed by atoms with Crippen molar-refractivity contribution in [2.45, 2.75) is 12.1 Å². The Morgan fingerprint density at radius 1 is 1.65 bits per heavy atom. The molecule has 1 N–H and O–H groups in total. The molecule has 0 amide bonds. The van der Waals surface area contributed by atoms with Gasteiger partial charge in [-0.25, -0.2) is 9.67 Å². The standard InChI is InChI=1S/C10H11N3O3S/c1-6-7(3-4-16-6)9-11-10(13(2)12-9)17-5-8(14)15/h3-4H,5H2,1-2H3,(H,14,15). The molecule has 0 atom stereocenters. The summed E-state index contributed by atoms with van der Waals surface area (Å²) >= 11 is 1.14. The number of aliphatic carboxylic acids is 1. The van der Waals surface area contributed by atoms with Crippen molar-refractivity contribution in [3.8, 4) is 11.4 Å². The van der Waals surface area contributed by atoms with Gasteiger partial charge in [0, 0.05) is 7.05 Å². The lowest BCUT2D eigenvalue weighted by atomic mass is 10.2. The maximum atomic E-state index is 10.5. The third-order valence-electron chi connectivity index (χ3n) is 2.15. The van der Waals surface area contributed by atoms with Crippen LogP contribution in [0.15, 0.2) is 21.9 Å². The van der Waals surface area contributed by atoms with Gasteiger partial charge in [0.2, 0.25) is 0 Å². The summed E-state index contributed by atoms with van der Waals surface area (Å²) in [6.45, 7) is 1.83. The second-order valence-electron chi connectivity index (χ2n) is 3.41. The average molecular weight is 253 g/mol. The topological polar surface area (TPSA) is 81.1 Å². The normalized spacial score (nSPS) is 10.7. The van der Waals surface area contributed by atoms with Crippen LogP contribution < -0.4 is 0 Å². The summed E-state index contributed by atoms with van der Waals surface area (Å²) in [6, 6.07) is 1.79. The summed E-state index contributed by atoms with van der Waals surface area (Å²) in [4.78, 5) is 14.8. The Kier molecular flexibility index (Phi) is 3.19. The van der Waals surface area contributed by atoms with Gasteiger partial charge in [0.05, 0.1) is 17.6 Å². The molecule has 7 heteroatoms. The Hall–Kier alpha value is -1.76. The quantitative estimate of drug-likeness (QED) is 0.833. The molecule has 2 rings (SSSR count). The number of hydrogen-bond acceptors (Lipinski definition) is 5. The van der Waals surface area contributed by atoms with Crippen molar-refractivity contribution in [1.82, 2.24) is 14.8 Å². The molecular weight excluding hydrogens is 242 g/mol. The minimum atomic E-state index is -0.876. The lowest BCUT2D eigenvalue weighted by molar-refractivity contribution is -0.133. The zero-order chi connectivity index (χ0) is 12.4. The van der Waals surface area contributed by atoms with Crippen molar-refractivity contribution in [3.63, 3.8) is 0 Å². The van der Waals surface area contributed by atoms with E-state index in [4.69, 9.17) is 9.52 Å². The van der Waals surface area contributed by atoms with Crippen molar-refractivity contribution in [2.75, 3.05) is 5.75 Å². The Morgan fingerprint density at radius 3 is 3.00 bits per heavy atom. The number of carboxylic acids is 1. The van der Waals surface area contributed by atoms with Crippen molar-refractivity contribution in [3.05, 3.63) is 18.1 Å². The van der Waals surface area contributed by atoms with E-state index in [-0.39, 0.29) is 5.75 Å². The molecule has 6 nitrogen and oxygen atoms in total. The largest absolute Gasteiger partial charge is 0.481 e. The molecule has 0 saturated heterocycles. The first-order chi connectivity index (χ1) is 8.08. The lowest BCUT2D eigenvalue weighted by Crippen LogP contribution is -2.00. The molecule has 2 aromatic rings. The second kappa shape index (κ2) is 4.62. The molecule has 17 heavy (non-hydrogen) atoms. The molecule has 0 fully saturated rings. The zero-order valence-electron chi connectivity index (χ0n) is 9.38. The van der Waals surface area contributed by atoms with Gasteiger partial charge in [0.15, 0.2) is 11.0 Å². The smallest absolute Gasteiger partial charge is 0.313 e. The molecular formula is C10H11N3O3S. The summed E-state index contributed by atoms with van der Waals surface area (Å²) in [5.41, 5.74) is 0.822. The molecule has 0 aromatic carbocycles. The van der Waals surface area contributed by atoms with E-state index in [0.29, 0.717) is 11.0 Å². The third kappa shape index (κ3) is 2.50. The first-order valence-electron chi connectivity index (χ1n) is 4.88. The average Bonchev–Trinajstić information content (AvgIpc) is 2.82. The van der Waals surface area contributed by atoms with Crippen LogP contribution in [0.25, 0.3) is 11.4 Å². The number of nitrogens with zero attached hydrogens (tertiary/aromatic N) is 3. The number of hydrogen-bond donors (Lipinski definition) is 1. The van der Waals surface area contributed by atoms with E-state index < -0.39 is 5.97 Å². The number of thioether (sulfide) groups is 1. The molecule has 0 bridgehead atoms. The van der Waals surface area contributed by atoms with Crippen LogP contribution in [0.5, 0.6) is 0 Å². The Balaban J connectivity index is 2.24. The number of aryl methyl sites for hydroxylation is 2. The van der Waals surface area contributed by atoms with Crippen molar-refractivity contribution >= 4 is 17.7 Å². The number of carbonyl (C=O) groups is 1. The predicted octanol–water partition coefficient (Wildman–Crippen LogP) is 1.56. The highest BCUT2D eigenvalue weighted by atomic mass is 32.2. The van der Waals surface area contributed by atoms with Gasteiger partial charge in [0.25, 0.3) is 0 Å². The molecule has 0 aliphatic rings. The minimum Gasteiger partial charge on any atom is -0.481 e. The third-order valence-corrected chi connectivity index (χ3v) is 3.15. The van der Waals surface area contributed by atoms with E-state index in [9.17, 15) is 4.79 Å². The van der Waals surface area contributed by atoms with E-state index in [1.54, 1.807) is 24.1 Å². The second-order valence-corrected chi connectivity index (χ2v) is 4.36. The van der Waals surface area contributed by atoms with Gasteiger partial charge in [-0.1, -0.05) is 11.8 Å². The van der Waals surface area contributed by atoms with Gasteiger partial charge in [0.1, 0.15) is 5.76 Å².